The summed E-state index contributed by atoms with van der Waals surface area (Å²) >= 11 is 0. The highest BCUT2D eigenvalue weighted by Gasteiger charge is 2.61. The number of fused-ring (bicyclic) bond motifs is 5. The van der Waals surface area contributed by atoms with E-state index < -0.39 is 17.4 Å². The Hall–Kier alpha value is -0.290. The van der Waals surface area contributed by atoms with Gasteiger partial charge in [-0.25, -0.2) is 0 Å². The fourth-order valence-corrected chi connectivity index (χ4v) is 9.26. The zero-order chi connectivity index (χ0) is 23.7. The second-order valence-electron chi connectivity index (χ2n) is 13.4. The molecule has 0 radical (unpaired) electrons. The molecule has 4 aliphatic carbocycles. The number of aliphatic hydroxyl groups is 2. The molecule has 4 rings (SSSR count). The fourth-order valence-electron chi connectivity index (χ4n) is 9.26. The van der Waals surface area contributed by atoms with Gasteiger partial charge < -0.3 is 10.2 Å². The summed E-state index contributed by atoms with van der Waals surface area (Å²) in [6.07, 6.45) is 5.85. The quantitative estimate of drug-likeness (QED) is 0.471. The normalized spacial score (nSPS) is 49.5. The van der Waals surface area contributed by atoms with Crippen molar-refractivity contribution < 1.29 is 23.4 Å². The van der Waals surface area contributed by atoms with Gasteiger partial charge in [0.2, 0.25) is 0 Å². The predicted octanol–water partition coefficient (Wildman–Crippen LogP) is 7.13. The minimum Gasteiger partial charge on any atom is -0.390 e. The van der Waals surface area contributed by atoms with Crippen molar-refractivity contribution in [1.29, 1.82) is 0 Å². The van der Waals surface area contributed by atoms with Crippen LogP contribution in [-0.4, -0.2) is 27.6 Å². The molecule has 0 spiro atoms. The Morgan fingerprint density at radius 2 is 1.56 bits per heavy atom. The van der Waals surface area contributed by atoms with Crippen molar-refractivity contribution in [2.24, 2.45) is 46.3 Å². The lowest BCUT2D eigenvalue weighted by molar-refractivity contribution is -0.256. The van der Waals surface area contributed by atoms with Crippen LogP contribution in [0.5, 0.6) is 0 Å². The number of rotatable bonds is 4. The summed E-state index contributed by atoms with van der Waals surface area (Å²) in [5.74, 6) is 3.42. The number of hydrogen-bond donors (Lipinski definition) is 2. The molecule has 0 heterocycles. The summed E-state index contributed by atoms with van der Waals surface area (Å²) in [7, 11) is 0. The monoisotopic (exact) mass is 458 g/mol. The average molecular weight is 459 g/mol. The Morgan fingerprint density at radius 1 is 0.906 bits per heavy atom. The van der Waals surface area contributed by atoms with E-state index >= 15 is 0 Å². The van der Waals surface area contributed by atoms with Crippen LogP contribution in [0.15, 0.2) is 0 Å². The highest BCUT2D eigenvalue weighted by atomic mass is 19.4. The SMILES string of the molecule is C[C@H](CCC(C)(O)C(F)(F)F)C1CC[C@H]2[C@@H]3CC[C@@H]4C[C@@](C)(O)CC[C@]4(C)[C@H]3CC[C@]12C. The molecule has 0 aromatic rings. The molecule has 4 aliphatic rings. The van der Waals surface area contributed by atoms with E-state index in [-0.39, 0.29) is 17.8 Å². The molecule has 2 unspecified atom stereocenters. The minimum atomic E-state index is -4.56. The Morgan fingerprint density at radius 3 is 2.22 bits per heavy atom. The van der Waals surface area contributed by atoms with Crippen LogP contribution in [0.4, 0.5) is 13.2 Å². The first-order valence-corrected chi connectivity index (χ1v) is 13.1. The Balaban J connectivity index is 1.46. The van der Waals surface area contributed by atoms with E-state index in [4.69, 9.17) is 0 Å². The molecule has 10 atom stereocenters. The largest absolute Gasteiger partial charge is 0.416 e. The van der Waals surface area contributed by atoms with Gasteiger partial charge >= 0.3 is 6.18 Å². The van der Waals surface area contributed by atoms with Gasteiger partial charge in [0, 0.05) is 0 Å². The number of halogens is 3. The molecule has 0 amide bonds. The third-order valence-electron chi connectivity index (χ3n) is 11.4. The summed E-state index contributed by atoms with van der Waals surface area (Å²) in [4.78, 5) is 0. The molecule has 0 aromatic heterocycles. The Bertz CT molecular complexity index is 702. The van der Waals surface area contributed by atoms with Crippen molar-refractivity contribution in [2.45, 2.75) is 123 Å². The molecule has 186 valence electrons. The van der Waals surface area contributed by atoms with Gasteiger partial charge in [-0.1, -0.05) is 20.8 Å². The van der Waals surface area contributed by atoms with E-state index in [0.29, 0.717) is 29.6 Å². The van der Waals surface area contributed by atoms with Crippen LogP contribution in [0.3, 0.4) is 0 Å². The van der Waals surface area contributed by atoms with E-state index in [1.807, 2.05) is 6.92 Å². The number of hydrogen-bond acceptors (Lipinski definition) is 2. The maximum Gasteiger partial charge on any atom is 0.416 e. The summed E-state index contributed by atoms with van der Waals surface area (Å²) in [5, 5.41) is 20.6. The molecule has 0 bridgehead atoms. The van der Waals surface area contributed by atoms with Gasteiger partial charge in [0.15, 0.2) is 5.60 Å². The predicted molar refractivity (Wildman–Crippen MR) is 121 cm³/mol. The van der Waals surface area contributed by atoms with Crippen LogP contribution in [0, 0.1) is 46.3 Å². The summed E-state index contributed by atoms with van der Waals surface area (Å²) in [5.41, 5.74) is -2.55. The van der Waals surface area contributed by atoms with Gasteiger partial charge in [-0.05, 0) is 131 Å². The first kappa shape index (κ1) is 24.8. The number of alkyl halides is 3. The van der Waals surface area contributed by atoms with Gasteiger partial charge in [0.1, 0.15) is 0 Å². The van der Waals surface area contributed by atoms with Crippen LogP contribution in [0.25, 0.3) is 0 Å². The Kier molecular flexibility index (Phi) is 6.10. The second-order valence-corrected chi connectivity index (χ2v) is 13.4. The topological polar surface area (TPSA) is 40.5 Å². The zero-order valence-corrected chi connectivity index (χ0v) is 20.8. The highest BCUT2D eigenvalue weighted by molar-refractivity contribution is 5.10. The van der Waals surface area contributed by atoms with E-state index in [0.717, 1.165) is 44.4 Å². The average Bonchev–Trinajstić information content (AvgIpc) is 3.03. The van der Waals surface area contributed by atoms with Crippen LogP contribution >= 0.6 is 0 Å². The molecule has 4 fully saturated rings. The third-order valence-corrected chi connectivity index (χ3v) is 11.4. The summed E-state index contributed by atoms with van der Waals surface area (Å²) < 4.78 is 39.4. The molecule has 32 heavy (non-hydrogen) atoms. The van der Waals surface area contributed by atoms with E-state index in [1.165, 1.54) is 32.1 Å². The van der Waals surface area contributed by atoms with Crippen molar-refractivity contribution >= 4 is 0 Å². The molecular weight excluding hydrogens is 413 g/mol. The summed E-state index contributed by atoms with van der Waals surface area (Å²) in [6.45, 7) is 9.99. The second kappa shape index (κ2) is 7.86. The maximum atomic E-state index is 13.1. The molecule has 2 N–H and O–H groups in total. The van der Waals surface area contributed by atoms with Gasteiger partial charge in [-0.15, -0.1) is 0 Å². The van der Waals surface area contributed by atoms with Gasteiger partial charge in [-0.3, -0.25) is 0 Å². The lowest BCUT2D eigenvalue weighted by Gasteiger charge is -2.62. The lowest BCUT2D eigenvalue weighted by atomic mass is 9.43. The fraction of sp³-hybridized carbons (Fsp3) is 1.00. The van der Waals surface area contributed by atoms with E-state index in [9.17, 15) is 23.4 Å². The highest BCUT2D eigenvalue weighted by Crippen LogP contribution is 2.69. The molecule has 0 aliphatic heterocycles. The summed E-state index contributed by atoms with van der Waals surface area (Å²) in [6, 6.07) is 0. The van der Waals surface area contributed by atoms with Crippen LogP contribution < -0.4 is 0 Å². The van der Waals surface area contributed by atoms with Crippen molar-refractivity contribution in [3.05, 3.63) is 0 Å². The van der Waals surface area contributed by atoms with Gasteiger partial charge in [0.25, 0.3) is 0 Å². The van der Waals surface area contributed by atoms with E-state index in [1.54, 1.807) is 0 Å². The van der Waals surface area contributed by atoms with E-state index in [2.05, 4.69) is 20.8 Å². The van der Waals surface area contributed by atoms with Crippen LogP contribution in [0.1, 0.15) is 105 Å². The third kappa shape index (κ3) is 3.95. The molecule has 0 saturated heterocycles. The molecular formula is C27H45F3O2. The first-order chi connectivity index (χ1) is 14.6. The van der Waals surface area contributed by atoms with Crippen molar-refractivity contribution in [2.75, 3.05) is 0 Å². The lowest BCUT2D eigenvalue weighted by Crippen LogP contribution is -2.55. The van der Waals surface area contributed by atoms with Gasteiger partial charge in [-0.2, -0.15) is 13.2 Å². The molecule has 5 heteroatoms. The minimum absolute atomic E-state index is 0.201. The van der Waals surface area contributed by atoms with Crippen molar-refractivity contribution in [3.63, 3.8) is 0 Å². The first-order valence-electron chi connectivity index (χ1n) is 13.1. The zero-order valence-electron chi connectivity index (χ0n) is 20.8. The van der Waals surface area contributed by atoms with Gasteiger partial charge in [0.05, 0.1) is 5.60 Å². The maximum absolute atomic E-state index is 13.1. The molecule has 0 aromatic carbocycles. The smallest absolute Gasteiger partial charge is 0.390 e. The van der Waals surface area contributed by atoms with Crippen molar-refractivity contribution in [1.82, 2.24) is 0 Å². The standard InChI is InChI=1S/C27H45F3O2/c1-17(10-13-26(5,32)27(28,29)30)20-8-9-21-19-7-6-18-16-23(2,31)14-15-24(18,3)22(19)11-12-25(20,21)4/h17-22,31-32H,6-16H2,1-5H3/t17-,18-,19+,20?,21+,22+,23+,24+,25-,26?/m1/s1. The Labute approximate surface area is 192 Å². The van der Waals surface area contributed by atoms with Crippen molar-refractivity contribution in [3.8, 4) is 0 Å². The molecule has 4 saturated carbocycles. The molecule has 2 nitrogen and oxygen atoms in total. The van der Waals surface area contributed by atoms with Crippen LogP contribution in [0.2, 0.25) is 0 Å². The van der Waals surface area contributed by atoms with Crippen LogP contribution in [-0.2, 0) is 0 Å².